The van der Waals surface area contributed by atoms with Gasteiger partial charge in [-0.15, -0.1) is 0 Å². The Labute approximate surface area is 165 Å². The molecule has 1 aliphatic heterocycles. The minimum Gasteiger partial charge on any atom is -0.482 e. The average Bonchev–Trinajstić information content (AvgIpc) is 2.87. The topological polar surface area (TPSA) is 131 Å². The molecule has 0 bridgehead atoms. The molecule has 0 radical (unpaired) electrons. The number of halogens is 1. The largest absolute Gasteiger partial charge is 0.482 e. The Balaban J connectivity index is 1.58. The highest BCUT2D eigenvalue weighted by Crippen LogP contribution is 2.35. The molecule has 4 amide bonds. The van der Waals surface area contributed by atoms with Crippen molar-refractivity contribution in [3.8, 4) is 5.75 Å². The summed E-state index contributed by atoms with van der Waals surface area (Å²) in [4.78, 5) is 47.0. The number of rotatable bonds is 5. The van der Waals surface area contributed by atoms with Crippen LogP contribution in [-0.4, -0.2) is 39.9 Å². The molecule has 3 rings (SSSR count). The van der Waals surface area contributed by atoms with E-state index in [0.29, 0.717) is 23.8 Å². The fraction of sp³-hybridized carbons (Fsp3) is 0.471. The number of nitrogens with one attached hydrogen (secondary N) is 2. The third-order valence-electron chi connectivity index (χ3n) is 5.01. The van der Waals surface area contributed by atoms with Crippen molar-refractivity contribution in [1.82, 2.24) is 15.8 Å². The fourth-order valence-corrected chi connectivity index (χ4v) is 3.57. The number of carbonyl (C=O) groups is 3. The van der Waals surface area contributed by atoms with E-state index in [1.807, 2.05) is 0 Å². The Morgan fingerprint density at radius 2 is 2.11 bits per heavy atom. The highest BCUT2D eigenvalue weighted by molar-refractivity contribution is 6.32. The molecule has 1 aromatic carbocycles. The lowest BCUT2D eigenvalue weighted by molar-refractivity contribution is -0.384. The van der Waals surface area contributed by atoms with E-state index in [1.54, 1.807) is 0 Å². The first-order valence-electron chi connectivity index (χ1n) is 8.75. The molecular weight excluding hydrogens is 392 g/mol. The number of nitro benzene ring substituents is 1. The molecule has 2 N–H and O–H groups in total. The van der Waals surface area contributed by atoms with E-state index in [1.165, 1.54) is 12.1 Å². The second-order valence-electron chi connectivity index (χ2n) is 7.03. The van der Waals surface area contributed by atoms with Crippen LogP contribution in [0.3, 0.4) is 0 Å². The van der Waals surface area contributed by atoms with Gasteiger partial charge in [0, 0.05) is 12.1 Å². The van der Waals surface area contributed by atoms with Crippen molar-refractivity contribution in [3.05, 3.63) is 33.3 Å². The Hall–Kier alpha value is -2.88. The van der Waals surface area contributed by atoms with E-state index < -0.39 is 34.9 Å². The van der Waals surface area contributed by atoms with Gasteiger partial charge < -0.3 is 10.1 Å². The van der Waals surface area contributed by atoms with Gasteiger partial charge >= 0.3 is 6.03 Å². The molecule has 0 unspecified atom stereocenters. The first kappa shape index (κ1) is 19.9. The number of ether oxygens (including phenoxy) is 1. The number of hydrogen-bond donors (Lipinski definition) is 2. The zero-order chi connectivity index (χ0) is 20.5. The van der Waals surface area contributed by atoms with Crippen LogP contribution in [0.4, 0.5) is 10.5 Å². The summed E-state index contributed by atoms with van der Waals surface area (Å²) in [7, 11) is 0. The zero-order valence-corrected chi connectivity index (χ0v) is 15.8. The maximum atomic E-state index is 12.7. The van der Waals surface area contributed by atoms with Crippen LogP contribution in [0.2, 0.25) is 5.02 Å². The normalized spacial score (nSPS) is 24.2. The monoisotopic (exact) mass is 410 g/mol. The summed E-state index contributed by atoms with van der Waals surface area (Å²) < 4.78 is 5.23. The average molecular weight is 411 g/mol. The molecule has 0 aromatic heterocycles. The van der Waals surface area contributed by atoms with E-state index in [9.17, 15) is 24.5 Å². The molecule has 1 saturated carbocycles. The Morgan fingerprint density at radius 1 is 1.43 bits per heavy atom. The number of imide groups is 1. The van der Waals surface area contributed by atoms with E-state index >= 15 is 0 Å². The smallest absolute Gasteiger partial charge is 0.344 e. The number of amides is 4. The Kier molecular flexibility index (Phi) is 5.41. The van der Waals surface area contributed by atoms with Crippen molar-refractivity contribution in [3.63, 3.8) is 0 Å². The third-order valence-corrected chi connectivity index (χ3v) is 5.31. The molecular formula is C17H19ClN4O6. The summed E-state index contributed by atoms with van der Waals surface area (Å²) in [5, 5.41) is 14.0. The number of benzene rings is 1. The molecule has 10 nitrogen and oxygen atoms in total. The van der Waals surface area contributed by atoms with Crippen LogP contribution in [0.1, 0.15) is 32.6 Å². The third kappa shape index (κ3) is 3.86. The van der Waals surface area contributed by atoms with Gasteiger partial charge in [0.2, 0.25) is 0 Å². The van der Waals surface area contributed by atoms with Crippen LogP contribution in [0.5, 0.6) is 5.75 Å². The van der Waals surface area contributed by atoms with E-state index in [4.69, 9.17) is 16.3 Å². The molecule has 0 atom stereocenters. The summed E-state index contributed by atoms with van der Waals surface area (Å²) in [5.41, 5.74) is 1.06. The first-order chi connectivity index (χ1) is 13.2. The van der Waals surface area contributed by atoms with Gasteiger partial charge in [0.1, 0.15) is 11.3 Å². The maximum Gasteiger partial charge on any atom is 0.344 e. The van der Waals surface area contributed by atoms with Gasteiger partial charge in [-0.25, -0.2) is 4.79 Å². The number of nitro groups is 1. The van der Waals surface area contributed by atoms with Crippen LogP contribution in [0.25, 0.3) is 0 Å². The minimum absolute atomic E-state index is 0.0349. The van der Waals surface area contributed by atoms with Crippen molar-refractivity contribution >= 4 is 35.1 Å². The molecule has 1 heterocycles. The summed E-state index contributed by atoms with van der Waals surface area (Å²) in [5.74, 6) is -0.665. The van der Waals surface area contributed by atoms with Crippen LogP contribution in [0.15, 0.2) is 18.2 Å². The van der Waals surface area contributed by atoms with Crippen molar-refractivity contribution in [1.29, 1.82) is 0 Å². The second-order valence-corrected chi connectivity index (χ2v) is 7.44. The van der Waals surface area contributed by atoms with E-state index in [2.05, 4.69) is 17.7 Å². The lowest BCUT2D eigenvalue weighted by Crippen LogP contribution is -2.52. The van der Waals surface area contributed by atoms with Gasteiger partial charge in [-0.2, -0.15) is 5.01 Å². The summed E-state index contributed by atoms with van der Waals surface area (Å²) in [6, 6.07) is 2.87. The van der Waals surface area contributed by atoms with Crippen LogP contribution < -0.4 is 15.5 Å². The van der Waals surface area contributed by atoms with E-state index in [0.717, 1.165) is 18.9 Å². The highest BCUT2D eigenvalue weighted by atomic mass is 35.5. The number of nitrogens with zero attached hydrogens (tertiary/aromatic N) is 2. The Morgan fingerprint density at radius 3 is 2.71 bits per heavy atom. The van der Waals surface area contributed by atoms with Crippen molar-refractivity contribution in [2.45, 2.75) is 38.1 Å². The van der Waals surface area contributed by atoms with Crippen molar-refractivity contribution in [2.75, 3.05) is 6.61 Å². The number of carbonyl (C=O) groups excluding carboxylic acids is 3. The summed E-state index contributed by atoms with van der Waals surface area (Å²) in [6.07, 6.45) is 2.69. The molecule has 28 heavy (non-hydrogen) atoms. The van der Waals surface area contributed by atoms with Crippen LogP contribution in [-0.2, 0) is 9.59 Å². The molecule has 1 spiro atoms. The molecule has 2 aliphatic rings. The lowest BCUT2D eigenvalue weighted by atomic mass is 9.77. The number of urea groups is 1. The van der Waals surface area contributed by atoms with Gasteiger partial charge in [0.15, 0.2) is 6.61 Å². The van der Waals surface area contributed by atoms with Gasteiger partial charge in [0.05, 0.1) is 9.95 Å². The standard InChI is InChI=1S/C17H19ClN4O6/c1-10-4-6-17(7-5-10)15(24)21(16(25)19-17)20-14(23)9-28-13-3-2-11(22(26)27)8-12(13)18/h2-3,8,10H,4-7,9H2,1H3,(H,19,25)(H,20,23). The summed E-state index contributed by atoms with van der Waals surface area (Å²) >= 11 is 5.89. The predicted molar refractivity (Wildman–Crippen MR) is 97.5 cm³/mol. The summed E-state index contributed by atoms with van der Waals surface area (Å²) in [6.45, 7) is 1.56. The lowest BCUT2D eigenvalue weighted by Gasteiger charge is -2.33. The molecule has 1 aromatic rings. The second kappa shape index (κ2) is 7.63. The van der Waals surface area contributed by atoms with Crippen molar-refractivity contribution in [2.24, 2.45) is 5.92 Å². The predicted octanol–water partition coefficient (Wildman–Crippen LogP) is 2.16. The quantitative estimate of drug-likeness (QED) is 0.434. The first-order valence-corrected chi connectivity index (χ1v) is 9.12. The van der Waals surface area contributed by atoms with Gasteiger partial charge in [-0.1, -0.05) is 18.5 Å². The maximum absolute atomic E-state index is 12.7. The van der Waals surface area contributed by atoms with Crippen molar-refractivity contribution < 1.29 is 24.0 Å². The highest BCUT2D eigenvalue weighted by Gasteiger charge is 2.52. The van der Waals surface area contributed by atoms with Gasteiger partial charge in [-0.3, -0.25) is 25.1 Å². The van der Waals surface area contributed by atoms with E-state index in [-0.39, 0.29) is 16.5 Å². The molecule has 2 fully saturated rings. The van der Waals surface area contributed by atoms with Gasteiger partial charge in [-0.05, 0) is 37.7 Å². The number of hydrazine groups is 1. The minimum atomic E-state index is -0.959. The van der Waals surface area contributed by atoms with Gasteiger partial charge in [0.25, 0.3) is 17.5 Å². The Bertz CT molecular complexity index is 837. The van der Waals surface area contributed by atoms with Crippen LogP contribution in [0, 0.1) is 16.0 Å². The van der Waals surface area contributed by atoms with Crippen LogP contribution >= 0.6 is 11.6 Å². The fourth-order valence-electron chi connectivity index (χ4n) is 3.34. The molecule has 1 saturated heterocycles. The molecule has 1 aliphatic carbocycles. The number of non-ortho nitro benzene ring substituents is 1. The SMILES string of the molecule is CC1CCC2(CC1)NC(=O)N(NC(=O)COc1ccc([N+](=O)[O-])cc1Cl)C2=O. The number of hydrogen-bond acceptors (Lipinski definition) is 6. The molecule has 150 valence electrons. The molecule has 11 heteroatoms. The zero-order valence-electron chi connectivity index (χ0n) is 15.1.